The van der Waals surface area contributed by atoms with Crippen molar-refractivity contribution < 1.29 is 4.79 Å². The number of amides is 1. The van der Waals surface area contributed by atoms with Crippen LogP contribution >= 0.6 is 0 Å². The third-order valence-corrected chi connectivity index (χ3v) is 3.29. The van der Waals surface area contributed by atoms with E-state index in [0.717, 1.165) is 24.3 Å². The molecule has 2 aromatic rings. The molecule has 0 fully saturated rings. The fourth-order valence-corrected chi connectivity index (χ4v) is 2.30. The Hall–Kier alpha value is -2.16. The van der Waals surface area contributed by atoms with Gasteiger partial charge >= 0.3 is 0 Å². The highest BCUT2D eigenvalue weighted by molar-refractivity contribution is 6.07. The predicted molar refractivity (Wildman–Crippen MR) is 70.8 cm³/mol. The van der Waals surface area contributed by atoms with Crippen LogP contribution in [0.2, 0.25) is 0 Å². The second-order valence-corrected chi connectivity index (χ2v) is 4.52. The summed E-state index contributed by atoms with van der Waals surface area (Å²) in [5.74, 6) is 0.0347. The van der Waals surface area contributed by atoms with Crippen LogP contribution < -0.4 is 4.90 Å². The lowest BCUT2D eigenvalue weighted by atomic mass is 10.2. The number of fused-ring (bicyclic) bond motifs is 1. The van der Waals surface area contributed by atoms with Gasteiger partial charge in [-0.2, -0.15) is 0 Å². The summed E-state index contributed by atoms with van der Waals surface area (Å²) in [6, 6.07) is 11.8. The standard InChI is InChI=1S/C15H14N2O/c1-11-6-7-13(10-16-11)15(18)17-9-8-12-4-2-3-5-14(12)17/h2-7,10H,8-9H2,1H3. The van der Waals surface area contributed by atoms with Gasteiger partial charge in [0.05, 0.1) is 5.56 Å². The quantitative estimate of drug-likeness (QED) is 0.765. The number of rotatable bonds is 1. The van der Waals surface area contributed by atoms with Crippen LogP contribution in [-0.4, -0.2) is 17.4 Å². The van der Waals surface area contributed by atoms with E-state index in [1.54, 1.807) is 6.20 Å². The van der Waals surface area contributed by atoms with Gasteiger partial charge in [-0.05, 0) is 37.1 Å². The fourth-order valence-electron chi connectivity index (χ4n) is 2.30. The number of pyridine rings is 1. The molecule has 3 rings (SSSR count). The third-order valence-electron chi connectivity index (χ3n) is 3.29. The molecule has 2 heterocycles. The Balaban J connectivity index is 1.93. The molecule has 0 radical (unpaired) electrons. The SMILES string of the molecule is Cc1ccc(C(=O)N2CCc3ccccc32)cn1. The Morgan fingerprint density at radius 3 is 2.83 bits per heavy atom. The molecule has 90 valence electrons. The number of nitrogens with zero attached hydrogens (tertiary/aromatic N) is 2. The Morgan fingerprint density at radius 1 is 1.22 bits per heavy atom. The third kappa shape index (κ3) is 1.78. The number of anilines is 1. The van der Waals surface area contributed by atoms with E-state index in [-0.39, 0.29) is 5.91 Å². The molecule has 1 aliphatic heterocycles. The molecule has 1 aromatic heterocycles. The first kappa shape index (κ1) is 11.0. The monoisotopic (exact) mass is 238 g/mol. The summed E-state index contributed by atoms with van der Waals surface area (Å²) in [7, 11) is 0. The summed E-state index contributed by atoms with van der Waals surface area (Å²) in [4.78, 5) is 18.4. The van der Waals surface area contributed by atoms with E-state index in [0.29, 0.717) is 5.56 Å². The average Bonchev–Trinajstić information content (AvgIpc) is 2.82. The number of aryl methyl sites for hydroxylation is 1. The van der Waals surface area contributed by atoms with Gasteiger partial charge in [-0.25, -0.2) is 0 Å². The first-order valence-corrected chi connectivity index (χ1v) is 6.08. The number of carbonyl (C=O) groups excluding carboxylic acids is 1. The highest BCUT2D eigenvalue weighted by Crippen LogP contribution is 2.28. The zero-order valence-electron chi connectivity index (χ0n) is 10.3. The smallest absolute Gasteiger partial charge is 0.259 e. The topological polar surface area (TPSA) is 33.2 Å². The molecule has 0 spiro atoms. The van der Waals surface area contributed by atoms with Gasteiger partial charge in [0.2, 0.25) is 0 Å². The minimum absolute atomic E-state index is 0.0347. The Kier molecular flexibility index (Phi) is 2.59. The molecular weight excluding hydrogens is 224 g/mol. The minimum Gasteiger partial charge on any atom is -0.308 e. The molecule has 0 aliphatic carbocycles. The fraction of sp³-hybridized carbons (Fsp3) is 0.200. The molecule has 0 saturated carbocycles. The van der Waals surface area contributed by atoms with Crippen molar-refractivity contribution in [3.05, 3.63) is 59.4 Å². The largest absolute Gasteiger partial charge is 0.308 e. The highest BCUT2D eigenvalue weighted by atomic mass is 16.2. The molecule has 18 heavy (non-hydrogen) atoms. The average molecular weight is 238 g/mol. The summed E-state index contributed by atoms with van der Waals surface area (Å²) in [6.45, 7) is 2.67. The molecule has 0 unspecified atom stereocenters. The van der Waals surface area contributed by atoms with Crippen LogP contribution in [0.15, 0.2) is 42.6 Å². The zero-order chi connectivity index (χ0) is 12.5. The summed E-state index contributed by atoms with van der Waals surface area (Å²) in [5.41, 5.74) is 3.85. The van der Waals surface area contributed by atoms with Crippen LogP contribution in [-0.2, 0) is 6.42 Å². The van der Waals surface area contributed by atoms with Gasteiger partial charge < -0.3 is 4.90 Å². The molecule has 0 saturated heterocycles. The first-order valence-electron chi connectivity index (χ1n) is 6.08. The van der Waals surface area contributed by atoms with Crippen molar-refractivity contribution in [2.45, 2.75) is 13.3 Å². The molecule has 1 aliphatic rings. The molecule has 0 atom stereocenters. The van der Waals surface area contributed by atoms with Crippen molar-refractivity contribution in [3.63, 3.8) is 0 Å². The van der Waals surface area contributed by atoms with Crippen molar-refractivity contribution in [2.75, 3.05) is 11.4 Å². The maximum absolute atomic E-state index is 12.4. The summed E-state index contributed by atoms with van der Waals surface area (Å²) < 4.78 is 0. The van der Waals surface area contributed by atoms with E-state index in [4.69, 9.17) is 0 Å². The lowest BCUT2D eigenvalue weighted by Gasteiger charge is -2.17. The van der Waals surface area contributed by atoms with Crippen LogP contribution in [0, 0.1) is 6.92 Å². The number of hydrogen-bond acceptors (Lipinski definition) is 2. The zero-order valence-corrected chi connectivity index (χ0v) is 10.3. The van der Waals surface area contributed by atoms with Gasteiger partial charge in [0.25, 0.3) is 5.91 Å². The predicted octanol–water partition coefficient (Wildman–Crippen LogP) is 2.59. The molecule has 3 heteroatoms. The Morgan fingerprint density at radius 2 is 2.06 bits per heavy atom. The van der Waals surface area contributed by atoms with Crippen molar-refractivity contribution in [1.29, 1.82) is 0 Å². The second-order valence-electron chi connectivity index (χ2n) is 4.52. The number of para-hydroxylation sites is 1. The van der Waals surface area contributed by atoms with Crippen LogP contribution in [0.1, 0.15) is 21.6 Å². The van der Waals surface area contributed by atoms with Gasteiger partial charge in [0, 0.05) is 24.1 Å². The maximum atomic E-state index is 12.4. The van der Waals surface area contributed by atoms with Crippen LogP contribution in [0.5, 0.6) is 0 Å². The number of carbonyl (C=O) groups is 1. The first-order chi connectivity index (χ1) is 8.75. The molecule has 3 nitrogen and oxygen atoms in total. The van der Waals surface area contributed by atoms with E-state index >= 15 is 0 Å². The lowest BCUT2D eigenvalue weighted by molar-refractivity contribution is 0.0989. The maximum Gasteiger partial charge on any atom is 0.259 e. The van der Waals surface area contributed by atoms with E-state index in [2.05, 4.69) is 11.1 Å². The van der Waals surface area contributed by atoms with E-state index in [1.165, 1.54) is 5.56 Å². The molecule has 1 amide bonds. The van der Waals surface area contributed by atoms with Crippen LogP contribution in [0.3, 0.4) is 0 Å². The summed E-state index contributed by atoms with van der Waals surface area (Å²) in [6.07, 6.45) is 2.58. The van der Waals surface area contributed by atoms with E-state index < -0.39 is 0 Å². The van der Waals surface area contributed by atoms with Gasteiger partial charge in [-0.3, -0.25) is 9.78 Å². The van der Waals surface area contributed by atoms with E-state index in [1.807, 2.05) is 42.2 Å². The van der Waals surface area contributed by atoms with Crippen molar-refractivity contribution in [1.82, 2.24) is 4.98 Å². The minimum atomic E-state index is 0.0347. The Bertz CT molecular complexity index is 590. The van der Waals surface area contributed by atoms with Crippen molar-refractivity contribution >= 4 is 11.6 Å². The second kappa shape index (κ2) is 4.26. The van der Waals surface area contributed by atoms with Gasteiger partial charge in [0.1, 0.15) is 0 Å². The summed E-state index contributed by atoms with van der Waals surface area (Å²) >= 11 is 0. The number of benzene rings is 1. The number of hydrogen-bond donors (Lipinski definition) is 0. The Labute approximate surface area is 106 Å². The van der Waals surface area contributed by atoms with Crippen LogP contribution in [0.25, 0.3) is 0 Å². The molecule has 0 N–H and O–H groups in total. The summed E-state index contributed by atoms with van der Waals surface area (Å²) in [5, 5.41) is 0. The number of aromatic nitrogens is 1. The normalized spacial score (nSPS) is 13.5. The van der Waals surface area contributed by atoms with Gasteiger partial charge in [0.15, 0.2) is 0 Å². The molecule has 0 bridgehead atoms. The highest BCUT2D eigenvalue weighted by Gasteiger charge is 2.24. The molecular formula is C15H14N2O. The van der Waals surface area contributed by atoms with Gasteiger partial charge in [-0.1, -0.05) is 18.2 Å². The van der Waals surface area contributed by atoms with Gasteiger partial charge in [-0.15, -0.1) is 0 Å². The van der Waals surface area contributed by atoms with Crippen molar-refractivity contribution in [2.24, 2.45) is 0 Å². The van der Waals surface area contributed by atoms with E-state index in [9.17, 15) is 4.79 Å². The van der Waals surface area contributed by atoms with Crippen LogP contribution in [0.4, 0.5) is 5.69 Å². The molecule has 1 aromatic carbocycles. The lowest BCUT2D eigenvalue weighted by Crippen LogP contribution is -2.28. The van der Waals surface area contributed by atoms with Crippen molar-refractivity contribution in [3.8, 4) is 0 Å².